The normalized spacial score (nSPS) is 7.59. The summed E-state index contributed by atoms with van der Waals surface area (Å²) in [6, 6.07) is 5.81. The third-order valence-electron chi connectivity index (χ3n) is 1.13. The Morgan fingerprint density at radius 3 is 1.18 bits per heavy atom. The van der Waals surface area contributed by atoms with Crippen LogP contribution in [0.3, 0.4) is 0 Å². The largest absolute Gasteiger partial charge is 0.507 e. The van der Waals surface area contributed by atoms with Gasteiger partial charge in [-0.3, -0.25) is 14.4 Å². The molecule has 9 nitrogen and oxygen atoms in total. The standard InChI is InChI=1S/C7H6O3.3C2H4O2/c8-6-4-2-1-3-5(6)7(9)10;3*1-2(3)4/h1-4,8H,(H,9,10);3*1H3,(H,3,4). The lowest BCUT2D eigenvalue weighted by atomic mass is 10.2. The molecular formula is C13H18O9. The van der Waals surface area contributed by atoms with Crippen LogP contribution in [0, 0.1) is 0 Å². The van der Waals surface area contributed by atoms with Crippen LogP contribution in [-0.2, 0) is 14.4 Å². The van der Waals surface area contributed by atoms with E-state index < -0.39 is 23.9 Å². The molecule has 124 valence electrons. The van der Waals surface area contributed by atoms with Crippen molar-refractivity contribution < 1.29 is 44.7 Å². The van der Waals surface area contributed by atoms with Crippen molar-refractivity contribution in [3.63, 3.8) is 0 Å². The van der Waals surface area contributed by atoms with Crippen LogP contribution in [0.25, 0.3) is 0 Å². The van der Waals surface area contributed by atoms with E-state index in [1.54, 1.807) is 12.1 Å². The number of phenols is 1. The second-order valence-corrected chi connectivity index (χ2v) is 3.38. The number of aromatic carboxylic acids is 1. The minimum absolute atomic E-state index is 0.0671. The summed E-state index contributed by atoms with van der Waals surface area (Å²) in [5.41, 5.74) is -0.0671. The molecule has 0 atom stereocenters. The van der Waals surface area contributed by atoms with Crippen LogP contribution in [0.5, 0.6) is 5.75 Å². The second kappa shape index (κ2) is 14.3. The molecule has 22 heavy (non-hydrogen) atoms. The van der Waals surface area contributed by atoms with Crippen molar-refractivity contribution in [2.24, 2.45) is 0 Å². The van der Waals surface area contributed by atoms with Crippen LogP contribution in [0.1, 0.15) is 31.1 Å². The number of hydrogen-bond acceptors (Lipinski definition) is 5. The van der Waals surface area contributed by atoms with Gasteiger partial charge in [-0.05, 0) is 12.1 Å². The van der Waals surface area contributed by atoms with Crippen molar-refractivity contribution in [3.8, 4) is 5.75 Å². The lowest BCUT2D eigenvalue weighted by Gasteiger charge is -1.95. The van der Waals surface area contributed by atoms with E-state index >= 15 is 0 Å². The fourth-order valence-electron chi connectivity index (χ4n) is 0.654. The summed E-state index contributed by atoms with van der Waals surface area (Å²) in [4.78, 5) is 37.3. The molecule has 5 N–H and O–H groups in total. The Morgan fingerprint density at radius 2 is 1.00 bits per heavy atom. The fourth-order valence-corrected chi connectivity index (χ4v) is 0.654. The van der Waals surface area contributed by atoms with Gasteiger partial charge >= 0.3 is 5.97 Å². The molecule has 0 aliphatic carbocycles. The molecule has 0 aliphatic rings. The van der Waals surface area contributed by atoms with Crippen molar-refractivity contribution in [1.29, 1.82) is 0 Å². The molecule has 0 saturated carbocycles. The molecule has 0 amide bonds. The number of hydrogen-bond donors (Lipinski definition) is 5. The number of para-hydroxylation sites is 1. The predicted molar refractivity (Wildman–Crippen MR) is 75.0 cm³/mol. The van der Waals surface area contributed by atoms with E-state index in [-0.39, 0.29) is 11.3 Å². The van der Waals surface area contributed by atoms with E-state index in [1.165, 1.54) is 12.1 Å². The van der Waals surface area contributed by atoms with Gasteiger partial charge in [0.05, 0.1) is 0 Å². The van der Waals surface area contributed by atoms with Crippen molar-refractivity contribution in [2.75, 3.05) is 0 Å². The first-order valence-electron chi connectivity index (χ1n) is 5.51. The van der Waals surface area contributed by atoms with E-state index in [2.05, 4.69) is 0 Å². The lowest BCUT2D eigenvalue weighted by Crippen LogP contribution is -1.95. The van der Waals surface area contributed by atoms with Crippen molar-refractivity contribution in [2.45, 2.75) is 20.8 Å². The second-order valence-electron chi connectivity index (χ2n) is 3.38. The first-order chi connectivity index (χ1) is 9.91. The average molecular weight is 318 g/mol. The SMILES string of the molecule is CC(=O)O.CC(=O)O.CC(=O)O.O=C(O)c1ccccc1O. The molecule has 0 heterocycles. The Labute approximate surface area is 126 Å². The van der Waals surface area contributed by atoms with Gasteiger partial charge < -0.3 is 25.5 Å². The summed E-state index contributed by atoms with van der Waals surface area (Å²) in [5, 5.41) is 39.6. The van der Waals surface area contributed by atoms with Gasteiger partial charge in [0.15, 0.2) is 0 Å². The zero-order valence-electron chi connectivity index (χ0n) is 12.2. The summed E-state index contributed by atoms with van der Waals surface area (Å²) < 4.78 is 0. The third kappa shape index (κ3) is 30.2. The molecule has 1 aromatic rings. The molecule has 0 bridgehead atoms. The molecule has 0 fully saturated rings. The first-order valence-corrected chi connectivity index (χ1v) is 5.51. The summed E-state index contributed by atoms with van der Waals surface area (Å²) >= 11 is 0. The molecule has 0 radical (unpaired) electrons. The lowest BCUT2D eigenvalue weighted by molar-refractivity contribution is -0.135. The van der Waals surface area contributed by atoms with Gasteiger partial charge in [-0.15, -0.1) is 0 Å². The molecule has 0 spiro atoms. The van der Waals surface area contributed by atoms with Gasteiger partial charge in [-0.2, -0.15) is 0 Å². The molecule has 0 unspecified atom stereocenters. The number of aromatic hydroxyl groups is 1. The van der Waals surface area contributed by atoms with Gasteiger partial charge in [0, 0.05) is 20.8 Å². The van der Waals surface area contributed by atoms with Gasteiger partial charge in [0.25, 0.3) is 17.9 Å². The molecule has 0 aliphatic heterocycles. The smallest absolute Gasteiger partial charge is 0.339 e. The van der Waals surface area contributed by atoms with E-state index in [0.717, 1.165) is 20.8 Å². The van der Waals surface area contributed by atoms with E-state index in [4.69, 9.17) is 39.9 Å². The van der Waals surface area contributed by atoms with Gasteiger partial charge in [0.2, 0.25) is 0 Å². The zero-order chi connectivity index (χ0) is 18.3. The molecule has 9 heteroatoms. The summed E-state index contributed by atoms with van der Waals surface area (Å²) in [6.45, 7) is 3.25. The van der Waals surface area contributed by atoms with E-state index in [1.807, 2.05) is 0 Å². The number of carboxylic acid groups (broad SMARTS) is 4. The van der Waals surface area contributed by atoms with Gasteiger partial charge in [0.1, 0.15) is 11.3 Å². The maximum absolute atomic E-state index is 10.3. The summed E-state index contributed by atoms with van der Waals surface area (Å²) in [5.74, 6) is -3.81. The Kier molecular flexibility index (Phi) is 15.6. The Hall–Kier alpha value is -3.10. The monoisotopic (exact) mass is 318 g/mol. The number of benzene rings is 1. The molecule has 0 saturated heterocycles. The first kappa shape index (κ1) is 24.0. The third-order valence-corrected chi connectivity index (χ3v) is 1.13. The summed E-state index contributed by atoms with van der Waals surface area (Å²) in [6.07, 6.45) is 0. The maximum Gasteiger partial charge on any atom is 0.339 e. The predicted octanol–water partition coefficient (Wildman–Crippen LogP) is 1.36. The average Bonchev–Trinajstić information content (AvgIpc) is 2.26. The van der Waals surface area contributed by atoms with E-state index in [0.29, 0.717) is 0 Å². The van der Waals surface area contributed by atoms with Crippen LogP contribution >= 0.6 is 0 Å². The highest BCUT2D eigenvalue weighted by molar-refractivity contribution is 5.90. The minimum atomic E-state index is -1.11. The van der Waals surface area contributed by atoms with Crippen LogP contribution < -0.4 is 0 Å². The van der Waals surface area contributed by atoms with Crippen LogP contribution in [0.15, 0.2) is 24.3 Å². The number of aliphatic carboxylic acids is 3. The molecule has 1 rings (SSSR count). The summed E-state index contributed by atoms with van der Waals surface area (Å²) in [7, 11) is 0. The van der Waals surface area contributed by atoms with Crippen molar-refractivity contribution in [3.05, 3.63) is 29.8 Å². The Bertz CT molecular complexity index is 454. The van der Waals surface area contributed by atoms with Crippen molar-refractivity contribution >= 4 is 23.9 Å². The topological polar surface area (TPSA) is 169 Å². The van der Waals surface area contributed by atoms with Gasteiger partial charge in [-0.25, -0.2) is 4.79 Å². The highest BCUT2D eigenvalue weighted by Crippen LogP contribution is 2.14. The fraction of sp³-hybridized carbons (Fsp3) is 0.231. The zero-order valence-corrected chi connectivity index (χ0v) is 12.2. The number of rotatable bonds is 1. The Balaban J connectivity index is -0.000000253. The van der Waals surface area contributed by atoms with Crippen LogP contribution in [-0.4, -0.2) is 49.4 Å². The quantitative estimate of drug-likeness (QED) is 0.513. The number of carbonyl (C=O) groups is 4. The number of carboxylic acids is 4. The van der Waals surface area contributed by atoms with Gasteiger partial charge in [-0.1, -0.05) is 12.1 Å². The van der Waals surface area contributed by atoms with E-state index in [9.17, 15) is 4.79 Å². The van der Waals surface area contributed by atoms with Crippen LogP contribution in [0.4, 0.5) is 0 Å². The molecule has 0 aromatic heterocycles. The van der Waals surface area contributed by atoms with Crippen LogP contribution in [0.2, 0.25) is 0 Å². The molecule has 1 aromatic carbocycles. The highest BCUT2D eigenvalue weighted by Gasteiger charge is 2.05. The molecular weight excluding hydrogens is 300 g/mol. The highest BCUT2D eigenvalue weighted by atomic mass is 16.4. The maximum atomic E-state index is 10.3. The minimum Gasteiger partial charge on any atom is -0.507 e. The van der Waals surface area contributed by atoms with Crippen molar-refractivity contribution in [1.82, 2.24) is 0 Å². The Morgan fingerprint density at radius 1 is 0.727 bits per heavy atom.